The van der Waals surface area contributed by atoms with Crippen molar-refractivity contribution in [1.29, 1.82) is 0 Å². The maximum Gasteiger partial charge on any atom is 0.321 e. The Morgan fingerprint density at radius 2 is 1.75 bits per heavy atom. The van der Waals surface area contributed by atoms with Crippen molar-refractivity contribution in [3.63, 3.8) is 0 Å². The fraction of sp³-hybridized carbons (Fsp3) is 0.250. The molecule has 1 heterocycles. The normalized spacial score (nSPS) is 10.4. The van der Waals surface area contributed by atoms with Crippen LogP contribution in [0.25, 0.3) is 11.4 Å². The second-order valence-electron chi connectivity index (χ2n) is 3.75. The van der Waals surface area contributed by atoms with Crippen LogP contribution in [0, 0.1) is 17.5 Å². The molecule has 0 saturated carbocycles. The van der Waals surface area contributed by atoms with Crippen LogP contribution >= 0.6 is 0 Å². The molecule has 5 nitrogen and oxygen atoms in total. The second-order valence-corrected chi connectivity index (χ2v) is 3.75. The van der Waals surface area contributed by atoms with Gasteiger partial charge in [0.1, 0.15) is 0 Å². The van der Waals surface area contributed by atoms with Crippen molar-refractivity contribution in [2.75, 3.05) is 19.0 Å². The molecule has 106 valence electrons. The van der Waals surface area contributed by atoms with Gasteiger partial charge in [-0.2, -0.15) is 15.0 Å². The topological polar surface area (TPSA) is 59.9 Å². The van der Waals surface area contributed by atoms with Crippen LogP contribution in [0.15, 0.2) is 12.1 Å². The predicted molar refractivity (Wildman–Crippen MR) is 65.9 cm³/mol. The zero-order valence-corrected chi connectivity index (χ0v) is 10.7. The maximum atomic E-state index is 13.2. The zero-order chi connectivity index (χ0) is 14.7. The molecule has 1 aromatic carbocycles. The van der Waals surface area contributed by atoms with E-state index in [0.717, 1.165) is 12.1 Å². The van der Waals surface area contributed by atoms with Crippen LogP contribution in [0.2, 0.25) is 0 Å². The molecule has 0 radical (unpaired) electrons. The average Bonchev–Trinajstić information content (AvgIpc) is 2.44. The van der Waals surface area contributed by atoms with E-state index in [9.17, 15) is 13.2 Å². The lowest BCUT2D eigenvalue weighted by Crippen LogP contribution is -2.06. The van der Waals surface area contributed by atoms with Crippen molar-refractivity contribution < 1.29 is 17.9 Å². The minimum Gasteiger partial charge on any atom is -0.467 e. The monoisotopic (exact) mass is 284 g/mol. The van der Waals surface area contributed by atoms with Gasteiger partial charge < -0.3 is 10.1 Å². The van der Waals surface area contributed by atoms with Gasteiger partial charge in [-0.15, -0.1) is 0 Å². The summed E-state index contributed by atoms with van der Waals surface area (Å²) in [5.41, 5.74) is -0.0127. The average molecular weight is 284 g/mol. The Morgan fingerprint density at radius 1 is 1.10 bits per heavy atom. The van der Waals surface area contributed by atoms with Crippen molar-refractivity contribution in [3.8, 4) is 17.4 Å². The third-order valence-electron chi connectivity index (χ3n) is 2.37. The number of halogens is 3. The van der Waals surface area contributed by atoms with Gasteiger partial charge in [0.2, 0.25) is 5.95 Å². The van der Waals surface area contributed by atoms with Gasteiger partial charge in [0.15, 0.2) is 23.3 Å². The highest BCUT2D eigenvalue weighted by Gasteiger charge is 2.15. The zero-order valence-electron chi connectivity index (χ0n) is 10.7. The Hall–Kier alpha value is -2.38. The molecular formula is C12H11F3N4O. The molecule has 0 aliphatic heterocycles. The number of ether oxygens (including phenoxy) is 1. The number of rotatable bonds is 4. The van der Waals surface area contributed by atoms with Crippen LogP contribution < -0.4 is 10.1 Å². The standard InChI is InChI=1S/C12H11F3N4O/c1-3-16-11-17-10(18-12(19-11)20-2)6-4-7(13)9(15)8(14)5-6/h4-5H,3H2,1-2H3,(H,16,17,18,19). The van der Waals surface area contributed by atoms with E-state index in [-0.39, 0.29) is 23.3 Å². The third kappa shape index (κ3) is 2.79. The van der Waals surface area contributed by atoms with Gasteiger partial charge in [-0.05, 0) is 19.1 Å². The third-order valence-corrected chi connectivity index (χ3v) is 2.37. The quantitative estimate of drug-likeness (QED) is 0.874. The van der Waals surface area contributed by atoms with E-state index < -0.39 is 17.5 Å². The molecule has 0 saturated heterocycles. The van der Waals surface area contributed by atoms with Crippen molar-refractivity contribution in [2.24, 2.45) is 0 Å². The number of anilines is 1. The Bertz CT molecular complexity index is 613. The van der Waals surface area contributed by atoms with Crippen LogP contribution in [0.5, 0.6) is 6.01 Å². The van der Waals surface area contributed by atoms with Crippen LogP contribution in [0.1, 0.15) is 6.92 Å². The molecule has 1 N–H and O–H groups in total. The molecule has 0 amide bonds. The molecule has 0 bridgehead atoms. The predicted octanol–water partition coefficient (Wildman–Crippen LogP) is 2.40. The van der Waals surface area contributed by atoms with Gasteiger partial charge in [-0.25, -0.2) is 13.2 Å². The maximum absolute atomic E-state index is 13.2. The lowest BCUT2D eigenvalue weighted by molar-refractivity contribution is 0.379. The SMILES string of the molecule is CCNc1nc(OC)nc(-c2cc(F)c(F)c(F)c2)n1. The molecule has 0 unspecified atom stereocenters. The lowest BCUT2D eigenvalue weighted by atomic mass is 10.2. The van der Waals surface area contributed by atoms with E-state index in [1.807, 2.05) is 6.92 Å². The molecule has 1 aromatic heterocycles. The van der Waals surface area contributed by atoms with Crippen LogP contribution in [0.3, 0.4) is 0 Å². The Labute approximate surface area is 112 Å². The number of nitrogens with one attached hydrogen (secondary N) is 1. The largest absolute Gasteiger partial charge is 0.467 e. The van der Waals surface area contributed by atoms with Crippen LogP contribution in [-0.2, 0) is 0 Å². The first kappa shape index (κ1) is 14.0. The summed E-state index contributed by atoms with van der Waals surface area (Å²) >= 11 is 0. The molecule has 0 aliphatic carbocycles. The molecule has 2 rings (SSSR count). The van der Waals surface area contributed by atoms with Gasteiger partial charge >= 0.3 is 6.01 Å². The number of benzene rings is 1. The van der Waals surface area contributed by atoms with Gasteiger partial charge in [0, 0.05) is 12.1 Å². The number of hydrogen-bond donors (Lipinski definition) is 1. The first-order valence-electron chi connectivity index (χ1n) is 5.74. The van der Waals surface area contributed by atoms with E-state index >= 15 is 0 Å². The summed E-state index contributed by atoms with van der Waals surface area (Å²) < 4.78 is 44.3. The summed E-state index contributed by atoms with van der Waals surface area (Å²) in [7, 11) is 1.35. The Kier molecular flexibility index (Phi) is 4.02. The van der Waals surface area contributed by atoms with Crippen molar-refractivity contribution in [2.45, 2.75) is 6.92 Å². The number of methoxy groups -OCH3 is 1. The number of nitrogens with zero attached hydrogens (tertiary/aromatic N) is 3. The summed E-state index contributed by atoms with van der Waals surface area (Å²) in [6, 6.07) is 1.60. The summed E-state index contributed by atoms with van der Waals surface area (Å²) in [4.78, 5) is 11.8. The molecule has 2 aromatic rings. The minimum atomic E-state index is -1.54. The molecule has 0 aliphatic rings. The molecule has 0 atom stereocenters. The highest BCUT2D eigenvalue weighted by Crippen LogP contribution is 2.23. The van der Waals surface area contributed by atoms with E-state index in [2.05, 4.69) is 20.3 Å². The fourth-order valence-electron chi connectivity index (χ4n) is 1.50. The summed E-state index contributed by atoms with van der Waals surface area (Å²) in [5, 5.41) is 2.83. The van der Waals surface area contributed by atoms with Gasteiger partial charge in [-0.1, -0.05) is 0 Å². The summed E-state index contributed by atoms with van der Waals surface area (Å²) in [6.07, 6.45) is 0. The Morgan fingerprint density at radius 3 is 2.30 bits per heavy atom. The number of aromatic nitrogens is 3. The molecule has 0 fully saturated rings. The van der Waals surface area contributed by atoms with Crippen molar-refractivity contribution >= 4 is 5.95 Å². The van der Waals surface area contributed by atoms with E-state index in [1.165, 1.54) is 7.11 Å². The van der Waals surface area contributed by atoms with Crippen molar-refractivity contribution in [3.05, 3.63) is 29.6 Å². The first-order valence-corrected chi connectivity index (χ1v) is 5.74. The van der Waals surface area contributed by atoms with E-state index in [4.69, 9.17) is 4.74 Å². The number of hydrogen-bond acceptors (Lipinski definition) is 5. The first-order chi connectivity index (χ1) is 9.55. The fourth-order valence-corrected chi connectivity index (χ4v) is 1.50. The highest BCUT2D eigenvalue weighted by atomic mass is 19.2. The minimum absolute atomic E-state index is 0.0127. The van der Waals surface area contributed by atoms with E-state index in [1.54, 1.807) is 0 Å². The van der Waals surface area contributed by atoms with Crippen molar-refractivity contribution in [1.82, 2.24) is 15.0 Å². The molecule has 0 spiro atoms. The smallest absolute Gasteiger partial charge is 0.321 e. The summed E-state index contributed by atoms with van der Waals surface area (Å²) in [5.74, 6) is -4.00. The second kappa shape index (κ2) is 5.72. The lowest BCUT2D eigenvalue weighted by Gasteiger charge is -2.07. The van der Waals surface area contributed by atoms with Gasteiger partial charge in [0.05, 0.1) is 7.11 Å². The Balaban J connectivity index is 2.53. The van der Waals surface area contributed by atoms with Gasteiger partial charge in [-0.3, -0.25) is 0 Å². The van der Waals surface area contributed by atoms with E-state index in [0.29, 0.717) is 6.54 Å². The summed E-state index contributed by atoms with van der Waals surface area (Å²) in [6.45, 7) is 2.37. The highest BCUT2D eigenvalue weighted by molar-refractivity contribution is 5.56. The molecular weight excluding hydrogens is 273 g/mol. The molecule has 8 heteroatoms. The van der Waals surface area contributed by atoms with Gasteiger partial charge in [0.25, 0.3) is 0 Å². The van der Waals surface area contributed by atoms with Crippen LogP contribution in [-0.4, -0.2) is 28.6 Å². The van der Waals surface area contributed by atoms with Crippen LogP contribution in [0.4, 0.5) is 19.1 Å². The molecule has 20 heavy (non-hydrogen) atoms.